The summed E-state index contributed by atoms with van der Waals surface area (Å²) in [6.07, 6.45) is 5.23. The van der Waals surface area contributed by atoms with Gasteiger partial charge in [0, 0.05) is 24.2 Å². The van der Waals surface area contributed by atoms with E-state index in [1.807, 2.05) is 63.3 Å². The van der Waals surface area contributed by atoms with Gasteiger partial charge in [0.05, 0.1) is 19.8 Å². The monoisotopic (exact) mass is 606 g/mol. The Hall–Kier alpha value is -3.65. The van der Waals surface area contributed by atoms with E-state index in [9.17, 15) is 9.90 Å². The van der Waals surface area contributed by atoms with Crippen LogP contribution in [0.5, 0.6) is 11.5 Å². The average molecular weight is 607 g/mol. The molecule has 0 spiro atoms. The van der Waals surface area contributed by atoms with Crippen molar-refractivity contribution in [2.75, 3.05) is 27.6 Å². The fourth-order valence-corrected chi connectivity index (χ4v) is 4.95. The summed E-state index contributed by atoms with van der Waals surface area (Å²) in [6, 6.07) is 11.1. The quantitative estimate of drug-likeness (QED) is 0.148. The van der Waals surface area contributed by atoms with E-state index in [1.54, 1.807) is 32.2 Å². The number of hydrogen-bond acceptors (Lipinski definition) is 9. The number of benzene rings is 2. The number of fused-ring (bicyclic) bond motifs is 2. The van der Waals surface area contributed by atoms with Crippen molar-refractivity contribution in [3.8, 4) is 23.3 Å². The average Bonchev–Trinajstić information content (AvgIpc) is 3.32. The van der Waals surface area contributed by atoms with E-state index in [2.05, 4.69) is 11.8 Å². The Kier molecular flexibility index (Phi) is 11.6. The number of carbonyl (C=O) groups excluding carboxylic acids is 1. The highest BCUT2D eigenvalue weighted by Crippen LogP contribution is 2.34. The third-order valence-electron chi connectivity index (χ3n) is 7.42. The normalized spacial score (nSPS) is 26.2. The molecule has 2 aromatic carbocycles. The SMILES string of the molecule is COCOc1ccc(C#CCOCc2ccc(OC)cc2)c2c1C(=O)O[C@@H](C)[C@H](C)/C=C\C(O)[C@H]1OC(C)(C)O[C@H]1C/C=C/2. The van der Waals surface area contributed by atoms with Gasteiger partial charge in [-0.15, -0.1) is 0 Å². The summed E-state index contributed by atoms with van der Waals surface area (Å²) < 4.78 is 40.0. The Labute approximate surface area is 259 Å². The number of hydrogen-bond donors (Lipinski definition) is 1. The van der Waals surface area contributed by atoms with Crippen LogP contribution in [0.1, 0.15) is 61.2 Å². The topological polar surface area (TPSA) is 102 Å². The number of carbonyl (C=O) groups is 1. The zero-order valence-electron chi connectivity index (χ0n) is 26.2. The maximum Gasteiger partial charge on any atom is 0.342 e. The Bertz CT molecular complexity index is 1380. The maximum absolute atomic E-state index is 13.7. The summed E-state index contributed by atoms with van der Waals surface area (Å²) >= 11 is 0. The molecule has 2 aromatic rings. The summed E-state index contributed by atoms with van der Waals surface area (Å²) in [5, 5.41) is 10.9. The van der Waals surface area contributed by atoms with Crippen LogP contribution in [0.3, 0.4) is 0 Å². The van der Waals surface area contributed by atoms with Crippen LogP contribution in [0.15, 0.2) is 54.6 Å². The predicted molar refractivity (Wildman–Crippen MR) is 165 cm³/mol. The number of esters is 1. The lowest BCUT2D eigenvalue weighted by atomic mass is 9.96. The van der Waals surface area contributed by atoms with Crippen molar-refractivity contribution in [2.45, 2.75) is 70.9 Å². The van der Waals surface area contributed by atoms with Crippen molar-refractivity contribution in [1.82, 2.24) is 0 Å². The summed E-state index contributed by atoms with van der Waals surface area (Å²) in [7, 11) is 3.13. The van der Waals surface area contributed by atoms with E-state index in [0.29, 0.717) is 29.9 Å². The highest BCUT2D eigenvalue weighted by atomic mass is 16.8. The lowest BCUT2D eigenvalue weighted by Crippen LogP contribution is -2.34. The van der Waals surface area contributed by atoms with E-state index in [-0.39, 0.29) is 24.9 Å². The van der Waals surface area contributed by atoms with Gasteiger partial charge in [-0.1, -0.05) is 55.2 Å². The minimum Gasteiger partial charge on any atom is -0.497 e. The van der Waals surface area contributed by atoms with Gasteiger partial charge >= 0.3 is 5.97 Å². The Morgan fingerprint density at radius 1 is 1.05 bits per heavy atom. The van der Waals surface area contributed by atoms with Gasteiger partial charge in [-0.2, -0.15) is 0 Å². The summed E-state index contributed by atoms with van der Waals surface area (Å²) in [6.45, 7) is 7.89. The highest BCUT2D eigenvalue weighted by molar-refractivity contribution is 5.98. The molecule has 5 atom stereocenters. The van der Waals surface area contributed by atoms with Crippen LogP contribution in [0, 0.1) is 17.8 Å². The van der Waals surface area contributed by atoms with Gasteiger partial charge in [0.25, 0.3) is 0 Å². The first-order valence-electron chi connectivity index (χ1n) is 14.7. The molecule has 1 N–H and O–H groups in total. The molecule has 2 heterocycles. The van der Waals surface area contributed by atoms with E-state index in [4.69, 9.17) is 33.2 Å². The molecule has 0 aliphatic carbocycles. The number of aliphatic hydroxyl groups excluding tert-OH is 1. The van der Waals surface area contributed by atoms with Crippen molar-refractivity contribution in [3.63, 3.8) is 0 Å². The molecule has 0 amide bonds. The highest BCUT2D eigenvalue weighted by Gasteiger charge is 2.43. The number of methoxy groups -OCH3 is 2. The molecule has 44 heavy (non-hydrogen) atoms. The second kappa shape index (κ2) is 15.4. The molecule has 0 aromatic heterocycles. The van der Waals surface area contributed by atoms with Crippen LogP contribution < -0.4 is 9.47 Å². The fraction of sp³-hybridized carbons (Fsp3) is 0.457. The van der Waals surface area contributed by atoms with Gasteiger partial charge in [-0.25, -0.2) is 4.79 Å². The molecular formula is C35H42O9. The van der Waals surface area contributed by atoms with Crippen molar-refractivity contribution in [2.24, 2.45) is 5.92 Å². The van der Waals surface area contributed by atoms with E-state index >= 15 is 0 Å². The van der Waals surface area contributed by atoms with Gasteiger partial charge in [0.15, 0.2) is 12.6 Å². The van der Waals surface area contributed by atoms with Gasteiger partial charge in [-0.3, -0.25) is 0 Å². The summed E-state index contributed by atoms with van der Waals surface area (Å²) in [5.41, 5.74) is 2.37. The lowest BCUT2D eigenvalue weighted by Gasteiger charge is -2.23. The molecule has 9 heteroatoms. The number of cyclic esters (lactones) is 1. The van der Waals surface area contributed by atoms with Gasteiger partial charge in [-0.05, 0) is 57.0 Å². The second-order valence-electron chi connectivity index (χ2n) is 11.2. The predicted octanol–water partition coefficient (Wildman–Crippen LogP) is 5.28. The molecule has 2 aliphatic rings. The molecule has 0 bridgehead atoms. The van der Waals surface area contributed by atoms with Crippen molar-refractivity contribution in [1.29, 1.82) is 0 Å². The second-order valence-corrected chi connectivity index (χ2v) is 11.2. The Balaban J connectivity index is 1.67. The Morgan fingerprint density at radius 3 is 2.55 bits per heavy atom. The Morgan fingerprint density at radius 2 is 1.82 bits per heavy atom. The number of ether oxygens (including phenoxy) is 7. The van der Waals surface area contributed by atoms with Crippen molar-refractivity contribution < 1.29 is 43.1 Å². The first-order chi connectivity index (χ1) is 21.1. The van der Waals surface area contributed by atoms with E-state index in [1.165, 1.54) is 7.11 Å². The van der Waals surface area contributed by atoms with Crippen LogP contribution in [0.25, 0.3) is 6.08 Å². The van der Waals surface area contributed by atoms with Crippen molar-refractivity contribution >= 4 is 12.0 Å². The van der Waals surface area contributed by atoms with Gasteiger partial charge in [0.1, 0.15) is 42.0 Å². The third kappa shape index (κ3) is 8.72. The molecule has 236 valence electrons. The maximum atomic E-state index is 13.7. The first-order valence-corrected chi connectivity index (χ1v) is 14.7. The molecule has 0 saturated carbocycles. The fourth-order valence-electron chi connectivity index (χ4n) is 4.95. The minimum atomic E-state index is -0.899. The largest absolute Gasteiger partial charge is 0.497 e. The first kappa shape index (κ1) is 33.2. The zero-order chi connectivity index (χ0) is 31.7. The smallest absolute Gasteiger partial charge is 0.342 e. The molecule has 4 rings (SSSR count). The number of rotatable bonds is 7. The van der Waals surface area contributed by atoms with Crippen LogP contribution in [-0.2, 0) is 30.3 Å². The van der Waals surface area contributed by atoms with Crippen molar-refractivity contribution in [3.05, 3.63) is 76.9 Å². The molecule has 9 nitrogen and oxygen atoms in total. The molecule has 1 saturated heterocycles. The van der Waals surface area contributed by atoms with E-state index < -0.39 is 36.2 Å². The molecule has 1 fully saturated rings. The summed E-state index contributed by atoms with van der Waals surface area (Å²) in [4.78, 5) is 13.7. The molecule has 1 unspecified atom stereocenters. The van der Waals surface area contributed by atoms with Crippen LogP contribution in [-0.4, -0.2) is 68.9 Å². The zero-order valence-corrected chi connectivity index (χ0v) is 26.2. The van der Waals surface area contributed by atoms with Crippen LogP contribution >= 0.6 is 0 Å². The molecular weight excluding hydrogens is 564 g/mol. The van der Waals surface area contributed by atoms with E-state index in [0.717, 1.165) is 11.3 Å². The molecule has 2 aliphatic heterocycles. The summed E-state index contributed by atoms with van der Waals surface area (Å²) in [5.74, 6) is 5.70. The number of aliphatic hydroxyl groups is 1. The third-order valence-corrected chi connectivity index (χ3v) is 7.42. The van der Waals surface area contributed by atoms with Gasteiger partial charge < -0.3 is 38.3 Å². The molecule has 0 radical (unpaired) electrons. The minimum absolute atomic E-state index is 0.0513. The van der Waals surface area contributed by atoms with Crippen LogP contribution in [0.2, 0.25) is 0 Å². The lowest BCUT2D eigenvalue weighted by molar-refractivity contribution is -0.152. The standard InChI is InChI=1S/C35H42O9/c1-23-12-18-29(36)33-31(43-35(3,4)44-33)11-7-10-28-26(9-8-20-40-21-25-13-16-27(39-6)17-14-25)15-19-30(41-22-38-5)32(28)34(37)42-24(23)2/h7,10,12-19,23-24,29,31,33,36H,11,20-22H2,1-6H3/b10-7+,18-12-/t23-,24+,29?,31+,33-/m1/s1. The van der Waals surface area contributed by atoms with Crippen LogP contribution in [0.4, 0.5) is 0 Å². The van der Waals surface area contributed by atoms with Gasteiger partial charge in [0.2, 0.25) is 0 Å².